The molecule has 3 N–H and O–H groups in total. The first-order valence-electron chi connectivity index (χ1n) is 6.01. The number of carbonyl (C=O) groups is 1. The van der Waals surface area contributed by atoms with E-state index in [-0.39, 0.29) is 5.91 Å². The van der Waals surface area contributed by atoms with Crippen molar-refractivity contribution in [3.05, 3.63) is 53.6 Å². The van der Waals surface area contributed by atoms with Crippen molar-refractivity contribution in [2.24, 2.45) is 0 Å². The van der Waals surface area contributed by atoms with Gasteiger partial charge in [-0.25, -0.2) is 0 Å². The molecule has 3 rings (SSSR count). The van der Waals surface area contributed by atoms with Gasteiger partial charge in [0.25, 0.3) is 5.91 Å². The van der Waals surface area contributed by atoms with Crippen molar-refractivity contribution in [2.75, 3.05) is 12.3 Å². The number of fused-ring (bicyclic) bond motifs is 1. The number of rotatable bonds is 1. The standard InChI is InChI=1S/C15H14N2O/c16-13-4-1-10(2-5-13)11-3-6-14-12(9-11)7-8-17-15(14)18/h1-6,9H,7-8,16H2,(H,17,18). The number of hydrogen-bond donors (Lipinski definition) is 2. The maximum absolute atomic E-state index is 11.7. The molecule has 0 unspecified atom stereocenters. The number of anilines is 1. The Morgan fingerprint density at radius 3 is 2.50 bits per heavy atom. The zero-order chi connectivity index (χ0) is 12.5. The molecular weight excluding hydrogens is 224 g/mol. The van der Waals surface area contributed by atoms with Crippen LogP contribution in [0, 0.1) is 0 Å². The van der Waals surface area contributed by atoms with Crippen LogP contribution in [0.4, 0.5) is 5.69 Å². The van der Waals surface area contributed by atoms with Crippen LogP contribution in [0.15, 0.2) is 42.5 Å². The van der Waals surface area contributed by atoms with E-state index < -0.39 is 0 Å². The summed E-state index contributed by atoms with van der Waals surface area (Å²) in [6.07, 6.45) is 0.893. The molecule has 0 saturated carbocycles. The molecule has 1 heterocycles. The van der Waals surface area contributed by atoms with Crippen LogP contribution in [0.25, 0.3) is 11.1 Å². The van der Waals surface area contributed by atoms with Crippen LogP contribution in [0.1, 0.15) is 15.9 Å². The van der Waals surface area contributed by atoms with Gasteiger partial charge in [-0.3, -0.25) is 4.79 Å². The average Bonchev–Trinajstić information content (AvgIpc) is 2.39. The van der Waals surface area contributed by atoms with Gasteiger partial charge in [0.05, 0.1) is 0 Å². The van der Waals surface area contributed by atoms with Gasteiger partial charge in [-0.15, -0.1) is 0 Å². The van der Waals surface area contributed by atoms with E-state index in [1.165, 1.54) is 0 Å². The molecule has 1 aliphatic rings. The molecule has 3 nitrogen and oxygen atoms in total. The Morgan fingerprint density at radius 2 is 1.72 bits per heavy atom. The van der Waals surface area contributed by atoms with Crippen LogP contribution in [-0.2, 0) is 6.42 Å². The Balaban J connectivity index is 2.04. The highest BCUT2D eigenvalue weighted by atomic mass is 16.1. The van der Waals surface area contributed by atoms with Crippen LogP contribution < -0.4 is 11.1 Å². The zero-order valence-corrected chi connectivity index (χ0v) is 9.94. The summed E-state index contributed by atoms with van der Waals surface area (Å²) in [5.74, 6) is 0.0279. The van der Waals surface area contributed by atoms with Crippen LogP contribution in [0.3, 0.4) is 0 Å². The number of hydrogen-bond acceptors (Lipinski definition) is 2. The number of nitrogens with two attached hydrogens (primary N) is 1. The fraction of sp³-hybridized carbons (Fsp3) is 0.133. The summed E-state index contributed by atoms with van der Waals surface area (Å²) in [7, 11) is 0. The van der Waals surface area contributed by atoms with Crippen molar-refractivity contribution >= 4 is 11.6 Å². The Bertz CT molecular complexity index is 602. The van der Waals surface area contributed by atoms with Gasteiger partial charge in [-0.1, -0.05) is 24.3 Å². The lowest BCUT2D eigenvalue weighted by Crippen LogP contribution is -2.31. The fourth-order valence-electron chi connectivity index (χ4n) is 2.28. The third-order valence-electron chi connectivity index (χ3n) is 3.27. The minimum atomic E-state index is 0.0279. The number of amides is 1. The normalized spacial score (nSPS) is 13.9. The molecule has 18 heavy (non-hydrogen) atoms. The Hall–Kier alpha value is -2.29. The van der Waals surface area contributed by atoms with E-state index >= 15 is 0 Å². The van der Waals surface area contributed by atoms with Crippen molar-refractivity contribution < 1.29 is 4.79 Å². The molecule has 0 aromatic heterocycles. The number of nitrogen functional groups attached to an aromatic ring is 1. The van der Waals surface area contributed by atoms with Crippen LogP contribution in [0.2, 0.25) is 0 Å². The van der Waals surface area contributed by atoms with E-state index in [0.717, 1.165) is 40.9 Å². The third kappa shape index (κ3) is 1.84. The van der Waals surface area contributed by atoms with Crippen molar-refractivity contribution in [3.8, 4) is 11.1 Å². The van der Waals surface area contributed by atoms with Gasteiger partial charge in [-0.2, -0.15) is 0 Å². The van der Waals surface area contributed by atoms with E-state index in [2.05, 4.69) is 11.4 Å². The molecule has 0 aliphatic carbocycles. The van der Waals surface area contributed by atoms with E-state index in [4.69, 9.17) is 5.73 Å². The highest BCUT2D eigenvalue weighted by molar-refractivity contribution is 5.97. The van der Waals surface area contributed by atoms with Gasteiger partial charge in [-0.05, 0) is 41.3 Å². The Kier molecular flexibility index (Phi) is 2.52. The van der Waals surface area contributed by atoms with Crippen LogP contribution in [-0.4, -0.2) is 12.5 Å². The molecule has 0 radical (unpaired) electrons. The van der Waals surface area contributed by atoms with Crippen molar-refractivity contribution in [1.82, 2.24) is 5.32 Å². The van der Waals surface area contributed by atoms with Crippen LogP contribution >= 0.6 is 0 Å². The summed E-state index contributed by atoms with van der Waals surface area (Å²) < 4.78 is 0. The SMILES string of the molecule is Nc1ccc(-c2ccc3c(c2)CCNC3=O)cc1. The minimum absolute atomic E-state index is 0.0279. The van der Waals surface area contributed by atoms with Crippen molar-refractivity contribution in [2.45, 2.75) is 6.42 Å². The molecule has 0 saturated heterocycles. The monoisotopic (exact) mass is 238 g/mol. The fourth-order valence-corrected chi connectivity index (χ4v) is 2.28. The zero-order valence-electron chi connectivity index (χ0n) is 9.94. The van der Waals surface area contributed by atoms with Crippen LogP contribution in [0.5, 0.6) is 0 Å². The van der Waals surface area contributed by atoms with Gasteiger partial charge in [0.1, 0.15) is 0 Å². The first kappa shape index (κ1) is 10.8. The molecule has 2 aromatic carbocycles. The predicted octanol–water partition coefficient (Wildman–Crippen LogP) is 2.22. The van der Waals surface area contributed by atoms with E-state index in [0.29, 0.717) is 0 Å². The number of carbonyl (C=O) groups excluding carboxylic acids is 1. The average molecular weight is 238 g/mol. The Labute approximate surface area is 106 Å². The van der Waals surface area contributed by atoms with E-state index in [1.807, 2.05) is 36.4 Å². The largest absolute Gasteiger partial charge is 0.399 e. The summed E-state index contributed by atoms with van der Waals surface area (Å²) in [4.78, 5) is 11.7. The second kappa shape index (κ2) is 4.18. The summed E-state index contributed by atoms with van der Waals surface area (Å²) >= 11 is 0. The first-order chi connectivity index (χ1) is 8.74. The van der Waals surface area contributed by atoms with Gasteiger partial charge in [0.15, 0.2) is 0 Å². The lowest BCUT2D eigenvalue weighted by atomic mass is 9.95. The smallest absolute Gasteiger partial charge is 0.251 e. The summed E-state index contributed by atoms with van der Waals surface area (Å²) in [6, 6.07) is 13.8. The summed E-state index contributed by atoms with van der Waals surface area (Å²) in [5.41, 5.74) is 10.6. The molecule has 1 aliphatic heterocycles. The molecule has 0 bridgehead atoms. The minimum Gasteiger partial charge on any atom is -0.399 e. The predicted molar refractivity (Wildman–Crippen MR) is 72.3 cm³/mol. The lowest BCUT2D eigenvalue weighted by molar-refractivity contribution is 0.0946. The molecule has 90 valence electrons. The molecule has 3 heteroatoms. The topological polar surface area (TPSA) is 55.1 Å². The third-order valence-corrected chi connectivity index (χ3v) is 3.27. The molecule has 2 aromatic rings. The van der Waals surface area contributed by atoms with Crippen molar-refractivity contribution in [3.63, 3.8) is 0 Å². The quantitative estimate of drug-likeness (QED) is 0.748. The summed E-state index contributed by atoms with van der Waals surface area (Å²) in [6.45, 7) is 0.719. The Morgan fingerprint density at radius 1 is 1.00 bits per heavy atom. The number of benzene rings is 2. The molecule has 0 spiro atoms. The maximum atomic E-state index is 11.7. The molecule has 0 fully saturated rings. The van der Waals surface area contributed by atoms with Gasteiger partial charge in [0.2, 0.25) is 0 Å². The highest BCUT2D eigenvalue weighted by Gasteiger charge is 2.16. The molecule has 1 amide bonds. The van der Waals surface area contributed by atoms with Crippen molar-refractivity contribution in [1.29, 1.82) is 0 Å². The second-order valence-corrected chi connectivity index (χ2v) is 4.50. The van der Waals surface area contributed by atoms with Gasteiger partial charge < -0.3 is 11.1 Å². The first-order valence-corrected chi connectivity index (χ1v) is 6.01. The van der Waals surface area contributed by atoms with E-state index in [1.54, 1.807) is 0 Å². The highest BCUT2D eigenvalue weighted by Crippen LogP contribution is 2.25. The van der Waals surface area contributed by atoms with E-state index in [9.17, 15) is 4.79 Å². The second-order valence-electron chi connectivity index (χ2n) is 4.50. The summed E-state index contributed by atoms with van der Waals surface area (Å²) in [5, 5.41) is 2.85. The molecule has 0 atom stereocenters. The lowest BCUT2D eigenvalue weighted by Gasteiger charge is -2.17. The van der Waals surface area contributed by atoms with Gasteiger partial charge >= 0.3 is 0 Å². The van der Waals surface area contributed by atoms with Gasteiger partial charge in [0, 0.05) is 17.8 Å². The maximum Gasteiger partial charge on any atom is 0.251 e. The number of nitrogens with one attached hydrogen (secondary N) is 1. The molecular formula is C15H14N2O.